The fourth-order valence-electron chi connectivity index (χ4n) is 1.34. The Labute approximate surface area is 91.9 Å². The Bertz CT molecular complexity index is 340. The smallest absolute Gasteiger partial charge is 0.168 e. The minimum Gasteiger partial charge on any atom is -0.311 e. The van der Waals surface area contributed by atoms with E-state index in [1.54, 1.807) is 10.9 Å². The molecule has 1 aromatic rings. The molecule has 3 unspecified atom stereocenters. The first-order valence-electron chi connectivity index (χ1n) is 4.81. The average Bonchev–Trinajstić information content (AvgIpc) is 2.63. The fourth-order valence-corrected chi connectivity index (χ4v) is 2.16. The molecule has 15 heavy (non-hydrogen) atoms. The van der Waals surface area contributed by atoms with Crippen LogP contribution in [0.1, 0.15) is 31.8 Å². The van der Waals surface area contributed by atoms with E-state index in [4.69, 9.17) is 0 Å². The summed E-state index contributed by atoms with van der Waals surface area (Å²) in [5, 5.41) is 14.6. The average molecular weight is 231 g/mol. The second kappa shape index (κ2) is 5.32. The van der Waals surface area contributed by atoms with E-state index >= 15 is 0 Å². The lowest BCUT2D eigenvalue weighted by molar-refractivity contribution is 0.464. The Morgan fingerprint density at radius 3 is 2.73 bits per heavy atom. The highest BCUT2D eigenvalue weighted by Gasteiger charge is 2.17. The number of nitrogens with zero attached hydrogens (tertiary/aromatic N) is 4. The minimum atomic E-state index is -0.841. The SMILES string of the molecule is CNC(C)c1nnnn1C(C)CS(C)=O. The molecule has 3 atom stereocenters. The molecule has 0 fully saturated rings. The summed E-state index contributed by atoms with van der Waals surface area (Å²) in [5.41, 5.74) is 0. The topological polar surface area (TPSA) is 72.7 Å². The quantitative estimate of drug-likeness (QED) is 0.765. The Morgan fingerprint density at radius 1 is 1.53 bits per heavy atom. The van der Waals surface area contributed by atoms with Crippen molar-refractivity contribution in [1.82, 2.24) is 25.5 Å². The third-order valence-corrected chi connectivity index (χ3v) is 3.18. The molecule has 0 aliphatic heterocycles. The van der Waals surface area contributed by atoms with Crippen LogP contribution >= 0.6 is 0 Å². The summed E-state index contributed by atoms with van der Waals surface area (Å²) < 4.78 is 12.8. The van der Waals surface area contributed by atoms with Crippen molar-refractivity contribution in [2.24, 2.45) is 0 Å². The van der Waals surface area contributed by atoms with Crippen molar-refractivity contribution in [1.29, 1.82) is 0 Å². The van der Waals surface area contributed by atoms with Crippen LogP contribution in [0.25, 0.3) is 0 Å². The van der Waals surface area contributed by atoms with Gasteiger partial charge in [0.2, 0.25) is 0 Å². The largest absolute Gasteiger partial charge is 0.311 e. The van der Waals surface area contributed by atoms with Crippen LogP contribution in [0.15, 0.2) is 0 Å². The zero-order chi connectivity index (χ0) is 11.4. The summed E-state index contributed by atoms with van der Waals surface area (Å²) in [4.78, 5) is 0. The Kier molecular flexibility index (Phi) is 4.34. The highest BCUT2D eigenvalue weighted by atomic mass is 32.2. The first-order valence-corrected chi connectivity index (χ1v) is 6.54. The molecule has 1 aromatic heterocycles. The number of aromatic nitrogens is 4. The molecule has 0 aromatic carbocycles. The van der Waals surface area contributed by atoms with Gasteiger partial charge < -0.3 is 5.32 Å². The summed E-state index contributed by atoms with van der Waals surface area (Å²) >= 11 is 0. The lowest BCUT2D eigenvalue weighted by Crippen LogP contribution is -2.22. The number of tetrazole rings is 1. The second-order valence-electron chi connectivity index (χ2n) is 3.58. The Balaban J connectivity index is 2.84. The normalized spacial score (nSPS) is 17.3. The van der Waals surface area contributed by atoms with Gasteiger partial charge >= 0.3 is 0 Å². The fraction of sp³-hybridized carbons (Fsp3) is 0.875. The van der Waals surface area contributed by atoms with E-state index in [-0.39, 0.29) is 12.1 Å². The molecule has 0 aliphatic carbocycles. The maximum atomic E-state index is 11.1. The molecule has 6 nitrogen and oxygen atoms in total. The van der Waals surface area contributed by atoms with Crippen molar-refractivity contribution in [3.8, 4) is 0 Å². The van der Waals surface area contributed by atoms with Gasteiger partial charge in [-0.05, 0) is 31.3 Å². The molecule has 0 amide bonds. The van der Waals surface area contributed by atoms with Gasteiger partial charge in [-0.2, -0.15) is 0 Å². The van der Waals surface area contributed by atoms with Gasteiger partial charge in [0.25, 0.3) is 0 Å². The third kappa shape index (κ3) is 3.07. The summed E-state index contributed by atoms with van der Waals surface area (Å²) in [7, 11) is 1.01. The first kappa shape index (κ1) is 12.3. The number of nitrogens with one attached hydrogen (secondary N) is 1. The van der Waals surface area contributed by atoms with Crippen LogP contribution in [0, 0.1) is 0 Å². The van der Waals surface area contributed by atoms with Crippen LogP contribution in [0.3, 0.4) is 0 Å². The van der Waals surface area contributed by atoms with Crippen molar-refractivity contribution in [3.63, 3.8) is 0 Å². The molecule has 1 N–H and O–H groups in total. The molecule has 0 saturated carbocycles. The van der Waals surface area contributed by atoms with Gasteiger partial charge in [-0.25, -0.2) is 4.68 Å². The number of rotatable bonds is 5. The maximum Gasteiger partial charge on any atom is 0.168 e. The van der Waals surface area contributed by atoms with Crippen molar-refractivity contribution >= 4 is 10.8 Å². The number of hydrogen-bond donors (Lipinski definition) is 1. The van der Waals surface area contributed by atoms with Crippen LogP contribution in [0.2, 0.25) is 0 Å². The molecule has 1 heterocycles. The summed E-state index contributed by atoms with van der Waals surface area (Å²) in [5.74, 6) is 1.34. The van der Waals surface area contributed by atoms with Crippen molar-refractivity contribution in [3.05, 3.63) is 5.82 Å². The monoisotopic (exact) mass is 231 g/mol. The third-order valence-electron chi connectivity index (χ3n) is 2.23. The van der Waals surface area contributed by atoms with Crippen molar-refractivity contribution in [2.45, 2.75) is 25.9 Å². The summed E-state index contributed by atoms with van der Waals surface area (Å²) in [6.45, 7) is 3.95. The predicted molar refractivity (Wildman–Crippen MR) is 58.9 cm³/mol. The van der Waals surface area contributed by atoms with Gasteiger partial charge in [-0.1, -0.05) is 0 Å². The minimum absolute atomic E-state index is 0.0524. The molecule has 0 radical (unpaired) electrons. The zero-order valence-corrected chi connectivity index (χ0v) is 10.3. The van der Waals surface area contributed by atoms with Gasteiger partial charge in [0.1, 0.15) is 0 Å². The molecule has 7 heteroatoms. The number of hydrogen-bond acceptors (Lipinski definition) is 5. The molecule has 1 rings (SSSR count). The summed E-state index contributed by atoms with van der Waals surface area (Å²) in [6.07, 6.45) is 1.68. The van der Waals surface area contributed by atoms with E-state index in [0.717, 1.165) is 5.82 Å². The molecule has 0 bridgehead atoms. The van der Waals surface area contributed by atoms with Gasteiger partial charge in [0.15, 0.2) is 5.82 Å². The highest BCUT2D eigenvalue weighted by Crippen LogP contribution is 2.12. The van der Waals surface area contributed by atoms with E-state index < -0.39 is 10.8 Å². The molecule has 86 valence electrons. The van der Waals surface area contributed by atoms with Crippen molar-refractivity contribution < 1.29 is 4.21 Å². The van der Waals surface area contributed by atoms with Gasteiger partial charge in [0.05, 0.1) is 12.1 Å². The second-order valence-corrected chi connectivity index (χ2v) is 5.06. The van der Waals surface area contributed by atoms with Crippen LogP contribution in [-0.2, 0) is 10.8 Å². The van der Waals surface area contributed by atoms with E-state index in [0.29, 0.717) is 5.75 Å². The van der Waals surface area contributed by atoms with E-state index in [1.165, 1.54) is 0 Å². The lowest BCUT2D eigenvalue weighted by Gasteiger charge is -2.15. The van der Waals surface area contributed by atoms with Crippen LogP contribution in [0.4, 0.5) is 0 Å². The molecule has 0 aliphatic rings. The van der Waals surface area contributed by atoms with Crippen LogP contribution < -0.4 is 5.32 Å². The summed E-state index contributed by atoms with van der Waals surface area (Å²) in [6, 6.07) is 0.143. The van der Waals surface area contributed by atoms with Gasteiger partial charge in [0, 0.05) is 22.8 Å². The van der Waals surface area contributed by atoms with E-state index in [2.05, 4.69) is 20.8 Å². The van der Waals surface area contributed by atoms with Gasteiger partial charge in [-0.3, -0.25) is 4.21 Å². The lowest BCUT2D eigenvalue weighted by atomic mass is 10.3. The molecule has 0 saturated heterocycles. The first-order chi connectivity index (χ1) is 7.06. The standard InChI is InChI=1S/C8H17N5OS/c1-6(5-15(4)14)13-8(7(2)9-3)10-11-12-13/h6-7,9H,5H2,1-4H3. The maximum absolute atomic E-state index is 11.1. The van der Waals surface area contributed by atoms with E-state index in [9.17, 15) is 4.21 Å². The molecule has 0 spiro atoms. The predicted octanol–water partition coefficient (Wildman–Crippen LogP) is -0.107. The Morgan fingerprint density at radius 2 is 2.20 bits per heavy atom. The van der Waals surface area contributed by atoms with E-state index in [1.807, 2.05) is 20.9 Å². The zero-order valence-electron chi connectivity index (χ0n) is 9.47. The molecular weight excluding hydrogens is 214 g/mol. The van der Waals surface area contributed by atoms with Crippen LogP contribution in [0.5, 0.6) is 0 Å². The van der Waals surface area contributed by atoms with Crippen molar-refractivity contribution in [2.75, 3.05) is 19.1 Å². The van der Waals surface area contributed by atoms with Crippen LogP contribution in [-0.4, -0.2) is 43.5 Å². The highest BCUT2D eigenvalue weighted by molar-refractivity contribution is 7.84. The Hall–Kier alpha value is -0.820. The van der Waals surface area contributed by atoms with Gasteiger partial charge in [-0.15, -0.1) is 5.10 Å². The molecular formula is C8H17N5OS.